The van der Waals surface area contributed by atoms with E-state index in [1.165, 1.54) is 24.8 Å². The molecule has 17 heavy (non-hydrogen) atoms. The Labute approximate surface area is 105 Å². The minimum atomic E-state index is -0.0591. The topological polar surface area (TPSA) is 41.1 Å². The van der Waals surface area contributed by atoms with E-state index in [2.05, 4.69) is 24.1 Å². The van der Waals surface area contributed by atoms with Gasteiger partial charge in [0.25, 0.3) is 0 Å². The molecule has 1 fully saturated rings. The average Bonchev–Trinajstić information content (AvgIpc) is 2.53. The van der Waals surface area contributed by atoms with Gasteiger partial charge in [-0.1, -0.05) is 38.3 Å². The van der Waals surface area contributed by atoms with E-state index in [1.807, 2.05) is 0 Å². The zero-order valence-electron chi connectivity index (χ0n) is 11.1. The van der Waals surface area contributed by atoms with Gasteiger partial charge in [-0.15, -0.1) is 0 Å². The Bertz CT molecular complexity index is 251. The molecule has 0 aromatic heterocycles. The maximum atomic E-state index is 11.9. The summed E-state index contributed by atoms with van der Waals surface area (Å²) in [5.41, 5.74) is 1.20. The summed E-state index contributed by atoms with van der Waals surface area (Å²) in [5, 5.41) is 6.31. The van der Waals surface area contributed by atoms with Crippen LogP contribution in [0.3, 0.4) is 0 Å². The molecular formula is C14H26N2O. The molecule has 1 unspecified atom stereocenters. The second-order valence-corrected chi connectivity index (χ2v) is 4.92. The van der Waals surface area contributed by atoms with Crippen molar-refractivity contribution in [2.75, 3.05) is 13.1 Å². The summed E-state index contributed by atoms with van der Waals surface area (Å²) in [6.07, 6.45) is 7.73. The molecule has 1 heterocycles. The maximum Gasteiger partial charge on any atom is 0.237 e. The van der Waals surface area contributed by atoms with Crippen LogP contribution in [0.25, 0.3) is 0 Å². The van der Waals surface area contributed by atoms with Gasteiger partial charge in [0, 0.05) is 6.54 Å². The van der Waals surface area contributed by atoms with Crippen molar-refractivity contribution in [3.63, 3.8) is 0 Å². The van der Waals surface area contributed by atoms with Gasteiger partial charge in [0.05, 0.1) is 6.04 Å². The van der Waals surface area contributed by atoms with Crippen molar-refractivity contribution in [2.45, 2.75) is 57.9 Å². The summed E-state index contributed by atoms with van der Waals surface area (Å²) in [7, 11) is 0. The van der Waals surface area contributed by atoms with E-state index >= 15 is 0 Å². The van der Waals surface area contributed by atoms with Gasteiger partial charge >= 0.3 is 0 Å². The highest BCUT2D eigenvalue weighted by atomic mass is 16.2. The van der Waals surface area contributed by atoms with E-state index in [1.54, 1.807) is 0 Å². The number of nitrogens with one attached hydrogen (secondary N) is 2. The molecular weight excluding hydrogens is 212 g/mol. The maximum absolute atomic E-state index is 11.9. The Hall–Kier alpha value is -0.830. The molecule has 0 aromatic rings. The predicted octanol–water partition coefficient (Wildman–Crippen LogP) is 2.38. The van der Waals surface area contributed by atoms with E-state index in [9.17, 15) is 4.79 Å². The minimum Gasteiger partial charge on any atom is -0.355 e. The smallest absolute Gasteiger partial charge is 0.237 e. The SMILES string of the molecule is C=C1CCCNC(C(=O)NCCCCCC)C1. The molecule has 0 bridgehead atoms. The molecule has 2 N–H and O–H groups in total. The summed E-state index contributed by atoms with van der Waals surface area (Å²) < 4.78 is 0. The average molecular weight is 238 g/mol. The lowest BCUT2D eigenvalue weighted by atomic mass is 10.1. The van der Waals surface area contributed by atoms with Crippen molar-refractivity contribution in [2.24, 2.45) is 0 Å². The summed E-state index contributed by atoms with van der Waals surface area (Å²) >= 11 is 0. The second kappa shape index (κ2) is 8.29. The molecule has 0 radical (unpaired) electrons. The quantitative estimate of drug-likeness (QED) is 0.551. The summed E-state index contributed by atoms with van der Waals surface area (Å²) in [4.78, 5) is 11.9. The molecule has 1 aliphatic heterocycles. The van der Waals surface area contributed by atoms with Crippen LogP contribution in [-0.2, 0) is 4.79 Å². The lowest BCUT2D eigenvalue weighted by Gasteiger charge is -2.16. The molecule has 0 spiro atoms. The number of carbonyl (C=O) groups is 1. The summed E-state index contributed by atoms with van der Waals surface area (Å²) in [6.45, 7) is 7.93. The number of rotatable bonds is 6. The number of unbranched alkanes of at least 4 members (excludes halogenated alkanes) is 3. The number of carbonyl (C=O) groups excluding carboxylic acids is 1. The van der Waals surface area contributed by atoms with Gasteiger partial charge in [-0.25, -0.2) is 0 Å². The van der Waals surface area contributed by atoms with Crippen LogP contribution in [0.15, 0.2) is 12.2 Å². The standard InChI is InChI=1S/C14H26N2O/c1-3-4-5-6-9-16-14(17)13-11-12(2)8-7-10-15-13/h13,15H,2-11H2,1H3,(H,16,17). The van der Waals surface area contributed by atoms with E-state index < -0.39 is 0 Å². The van der Waals surface area contributed by atoms with Gasteiger partial charge in [-0.2, -0.15) is 0 Å². The first-order chi connectivity index (χ1) is 8.24. The van der Waals surface area contributed by atoms with Gasteiger partial charge in [0.2, 0.25) is 5.91 Å². The lowest BCUT2D eigenvalue weighted by Crippen LogP contribution is -2.44. The third-order valence-corrected chi connectivity index (χ3v) is 3.24. The zero-order valence-corrected chi connectivity index (χ0v) is 11.1. The highest BCUT2D eigenvalue weighted by molar-refractivity contribution is 5.82. The van der Waals surface area contributed by atoms with Gasteiger partial charge in [0.15, 0.2) is 0 Å². The molecule has 0 saturated carbocycles. The van der Waals surface area contributed by atoms with E-state index in [4.69, 9.17) is 0 Å². The van der Waals surface area contributed by atoms with Crippen LogP contribution in [0.5, 0.6) is 0 Å². The highest BCUT2D eigenvalue weighted by Gasteiger charge is 2.20. The Morgan fingerprint density at radius 2 is 2.29 bits per heavy atom. The Kier molecular flexibility index (Phi) is 6.94. The molecule has 98 valence electrons. The van der Waals surface area contributed by atoms with Gasteiger partial charge < -0.3 is 10.6 Å². The van der Waals surface area contributed by atoms with Crippen LogP contribution in [0.4, 0.5) is 0 Å². The first kappa shape index (κ1) is 14.2. The minimum absolute atomic E-state index is 0.0591. The van der Waals surface area contributed by atoms with Crippen molar-refractivity contribution in [3.8, 4) is 0 Å². The van der Waals surface area contributed by atoms with Crippen molar-refractivity contribution < 1.29 is 4.79 Å². The molecule has 1 saturated heterocycles. The fraction of sp³-hybridized carbons (Fsp3) is 0.786. The number of hydrogen-bond donors (Lipinski definition) is 2. The van der Waals surface area contributed by atoms with Crippen molar-refractivity contribution in [1.29, 1.82) is 0 Å². The first-order valence-electron chi connectivity index (χ1n) is 6.91. The molecule has 0 aromatic carbocycles. The van der Waals surface area contributed by atoms with E-state index in [0.29, 0.717) is 0 Å². The van der Waals surface area contributed by atoms with Crippen molar-refractivity contribution in [3.05, 3.63) is 12.2 Å². The third-order valence-electron chi connectivity index (χ3n) is 3.24. The van der Waals surface area contributed by atoms with Crippen LogP contribution in [0.2, 0.25) is 0 Å². The molecule has 0 aliphatic carbocycles. The fourth-order valence-corrected chi connectivity index (χ4v) is 2.15. The zero-order chi connectivity index (χ0) is 12.5. The Balaban J connectivity index is 2.19. The van der Waals surface area contributed by atoms with Crippen LogP contribution >= 0.6 is 0 Å². The van der Waals surface area contributed by atoms with Gasteiger partial charge in [-0.05, 0) is 32.2 Å². The molecule has 1 atom stereocenters. The van der Waals surface area contributed by atoms with Gasteiger partial charge in [-0.3, -0.25) is 4.79 Å². The van der Waals surface area contributed by atoms with Crippen molar-refractivity contribution in [1.82, 2.24) is 10.6 Å². The molecule has 3 nitrogen and oxygen atoms in total. The van der Waals surface area contributed by atoms with Crippen LogP contribution in [0.1, 0.15) is 51.9 Å². The largest absolute Gasteiger partial charge is 0.355 e. The first-order valence-corrected chi connectivity index (χ1v) is 6.91. The molecule has 1 aliphatic rings. The fourth-order valence-electron chi connectivity index (χ4n) is 2.15. The lowest BCUT2D eigenvalue weighted by molar-refractivity contribution is -0.123. The summed E-state index contributed by atoms with van der Waals surface area (Å²) in [5.74, 6) is 0.143. The van der Waals surface area contributed by atoms with E-state index in [-0.39, 0.29) is 11.9 Å². The number of amides is 1. The number of hydrogen-bond acceptors (Lipinski definition) is 2. The Morgan fingerprint density at radius 1 is 1.47 bits per heavy atom. The highest BCUT2D eigenvalue weighted by Crippen LogP contribution is 2.13. The normalized spacial score (nSPS) is 21.0. The van der Waals surface area contributed by atoms with Crippen LogP contribution in [0, 0.1) is 0 Å². The predicted molar refractivity (Wildman–Crippen MR) is 71.9 cm³/mol. The van der Waals surface area contributed by atoms with Gasteiger partial charge in [0.1, 0.15) is 0 Å². The van der Waals surface area contributed by atoms with E-state index in [0.717, 1.165) is 38.8 Å². The molecule has 3 heteroatoms. The van der Waals surface area contributed by atoms with Crippen LogP contribution in [-0.4, -0.2) is 25.0 Å². The van der Waals surface area contributed by atoms with Crippen molar-refractivity contribution >= 4 is 5.91 Å². The Morgan fingerprint density at radius 3 is 3.06 bits per heavy atom. The van der Waals surface area contributed by atoms with Crippen LogP contribution < -0.4 is 10.6 Å². The monoisotopic (exact) mass is 238 g/mol. The third kappa shape index (κ3) is 5.87. The second-order valence-electron chi connectivity index (χ2n) is 4.92. The molecule has 1 rings (SSSR count). The molecule has 1 amide bonds. The summed E-state index contributed by atoms with van der Waals surface area (Å²) in [6, 6.07) is -0.0591.